The Hall–Kier alpha value is -2.17. The van der Waals surface area contributed by atoms with Crippen molar-refractivity contribution in [1.82, 2.24) is 15.2 Å². The van der Waals surface area contributed by atoms with E-state index in [4.69, 9.17) is 0 Å². The van der Waals surface area contributed by atoms with Crippen molar-refractivity contribution in [3.63, 3.8) is 0 Å². The molecule has 106 valence electrons. The Morgan fingerprint density at radius 3 is 2.45 bits per heavy atom. The summed E-state index contributed by atoms with van der Waals surface area (Å²) in [6, 6.07) is 8.26. The first-order valence-corrected chi connectivity index (χ1v) is 6.88. The van der Waals surface area contributed by atoms with Gasteiger partial charge in [-0.1, -0.05) is 38.1 Å². The Labute approximate surface area is 118 Å². The first-order valence-electron chi connectivity index (χ1n) is 6.88. The van der Waals surface area contributed by atoms with E-state index in [1.165, 1.54) is 5.56 Å². The van der Waals surface area contributed by atoms with E-state index in [1.807, 2.05) is 19.1 Å². The minimum Gasteiger partial charge on any atom is -0.355 e. The predicted molar refractivity (Wildman–Crippen MR) is 80.2 cm³/mol. The third-order valence-electron chi connectivity index (χ3n) is 3.13. The van der Waals surface area contributed by atoms with Crippen LogP contribution in [0, 0.1) is 0 Å². The molecule has 0 fully saturated rings. The monoisotopic (exact) mass is 272 g/mol. The van der Waals surface area contributed by atoms with Gasteiger partial charge in [-0.25, -0.2) is 0 Å². The molecule has 2 aromatic rings. The van der Waals surface area contributed by atoms with Crippen LogP contribution >= 0.6 is 0 Å². The highest BCUT2D eigenvalue weighted by molar-refractivity contribution is 5.28. The SMILES string of the molecule is CCNc1nnc(Cc2ccc(C(C)C)cc2)c(=O)[nH]1. The van der Waals surface area contributed by atoms with E-state index in [2.05, 4.69) is 46.5 Å². The van der Waals surface area contributed by atoms with E-state index in [9.17, 15) is 4.79 Å². The molecule has 0 atom stereocenters. The molecule has 0 spiro atoms. The summed E-state index contributed by atoms with van der Waals surface area (Å²) in [5, 5.41) is 10.9. The standard InChI is InChI=1S/C15H20N4O/c1-4-16-15-17-14(20)13(18-19-15)9-11-5-7-12(8-6-11)10(2)3/h5-8,10H,4,9H2,1-3H3,(H2,16,17,19,20). The van der Waals surface area contributed by atoms with Gasteiger partial charge in [0.2, 0.25) is 5.95 Å². The highest BCUT2D eigenvalue weighted by Crippen LogP contribution is 2.15. The molecule has 0 amide bonds. The van der Waals surface area contributed by atoms with Crippen LogP contribution in [-0.2, 0) is 6.42 Å². The fourth-order valence-corrected chi connectivity index (χ4v) is 1.94. The molecule has 2 N–H and O–H groups in total. The highest BCUT2D eigenvalue weighted by Gasteiger charge is 2.06. The number of aromatic nitrogens is 3. The summed E-state index contributed by atoms with van der Waals surface area (Å²) >= 11 is 0. The number of anilines is 1. The van der Waals surface area contributed by atoms with Crippen molar-refractivity contribution >= 4 is 5.95 Å². The maximum atomic E-state index is 11.9. The van der Waals surface area contributed by atoms with Crippen LogP contribution in [0.2, 0.25) is 0 Å². The van der Waals surface area contributed by atoms with Crippen LogP contribution in [-0.4, -0.2) is 21.7 Å². The smallest absolute Gasteiger partial charge is 0.274 e. The van der Waals surface area contributed by atoms with Gasteiger partial charge < -0.3 is 5.32 Å². The number of nitrogens with one attached hydrogen (secondary N) is 2. The lowest BCUT2D eigenvalue weighted by Gasteiger charge is -2.06. The van der Waals surface area contributed by atoms with Gasteiger partial charge in [0, 0.05) is 13.0 Å². The molecule has 1 aromatic heterocycles. The Balaban J connectivity index is 2.15. The maximum Gasteiger partial charge on any atom is 0.274 e. The Morgan fingerprint density at radius 2 is 1.90 bits per heavy atom. The molecule has 1 heterocycles. The van der Waals surface area contributed by atoms with E-state index in [0.717, 1.165) is 5.56 Å². The number of nitrogens with zero attached hydrogens (tertiary/aromatic N) is 2. The quantitative estimate of drug-likeness (QED) is 0.876. The van der Waals surface area contributed by atoms with Crippen LogP contribution in [0.5, 0.6) is 0 Å². The maximum absolute atomic E-state index is 11.9. The van der Waals surface area contributed by atoms with Crippen LogP contribution < -0.4 is 10.9 Å². The molecule has 0 aliphatic rings. The van der Waals surface area contributed by atoms with E-state index >= 15 is 0 Å². The zero-order chi connectivity index (χ0) is 14.5. The molecule has 0 aliphatic heterocycles. The molecule has 5 heteroatoms. The van der Waals surface area contributed by atoms with Gasteiger partial charge in [-0.3, -0.25) is 9.78 Å². The second-order valence-corrected chi connectivity index (χ2v) is 5.05. The Bertz CT molecular complexity index is 617. The first-order chi connectivity index (χ1) is 9.60. The summed E-state index contributed by atoms with van der Waals surface area (Å²) in [4.78, 5) is 14.6. The summed E-state index contributed by atoms with van der Waals surface area (Å²) in [6.45, 7) is 6.94. The molecular formula is C15H20N4O. The van der Waals surface area contributed by atoms with Crippen molar-refractivity contribution in [3.8, 4) is 0 Å². The molecule has 0 bridgehead atoms. The van der Waals surface area contributed by atoms with Gasteiger partial charge in [-0.2, -0.15) is 0 Å². The summed E-state index contributed by atoms with van der Waals surface area (Å²) in [6.07, 6.45) is 0.493. The van der Waals surface area contributed by atoms with E-state index < -0.39 is 0 Å². The number of rotatable bonds is 5. The molecule has 0 saturated carbocycles. The van der Waals surface area contributed by atoms with Gasteiger partial charge in [0.1, 0.15) is 5.69 Å². The van der Waals surface area contributed by atoms with Gasteiger partial charge in [-0.15, -0.1) is 10.2 Å². The average Bonchev–Trinajstić information content (AvgIpc) is 2.43. The third-order valence-corrected chi connectivity index (χ3v) is 3.13. The molecule has 5 nitrogen and oxygen atoms in total. The fraction of sp³-hybridized carbons (Fsp3) is 0.400. The molecule has 0 saturated heterocycles. The molecule has 1 aromatic carbocycles. The third kappa shape index (κ3) is 3.44. The van der Waals surface area contributed by atoms with Crippen LogP contribution in [0.4, 0.5) is 5.95 Å². The van der Waals surface area contributed by atoms with E-state index in [1.54, 1.807) is 0 Å². The number of H-pyrrole nitrogens is 1. The van der Waals surface area contributed by atoms with Crippen molar-refractivity contribution < 1.29 is 0 Å². The van der Waals surface area contributed by atoms with Crippen molar-refractivity contribution in [2.45, 2.75) is 33.1 Å². The number of benzene rings is 1. The summed E-state index contributed by atoms with van der Waals surface area (Å²) in [5.41, 5.74) is 2.59. The summed E-state index contributed by atoms with van der Waals surface area (Å²) in [7, 11) is 0. The largest absolute Gasteiger partial charge is 0.355 e. The lowest BCUT2D eigenvalue weighted by atomic mass is 10.0. The average molecular weight is 272 g/mol. The van der Waals surface area contributed by atoms with Gasteiger partial charge in [-0.05, 0) is 24.0 Å². The second kappa shape index (κ2) is 6.32. The molecule has 0 aliphatic carbocycles. The lowest BCUT2D eigenvalue weighted by Crippen LogP contribution is -2.19. The fourth-order valence-electron chi connectivity index (χ4n) is 1.94. The van der Waals surface area contributed by atoms with Crippen LogP contribution in [0.3, 0.4) is 0 Å². The van der Waals surface area contributed by atoms with Crippen molar-refractivity contribution in [2.75, 3.05) is 11.9 Å². The number of hydrogen-bond donors (Lipinski definition) is 2. The van der Waals surface area contributed by atoms with Crippen molar-refractivity contribution in [2.24, 2.45) is 0 Å². The summed E-state index contributed by atoms with van der Waals surface area (Å²) < 4.78 is 0. The van der Waals surface area contributed by atoms with Crippen molar-refractivity contribution in [1.29, 1.82) is 0 Å². The van der Waals surface area contributed by atoms with E-state index in [0.29, 0.717) is 30.5 Å². The molecule has 2 rings (SSSR count). The minimum atomic E-state index is -0.191. The zero-order valence-electron chi connectivity index (χ0n) is 12.1. The normalized spacial score (nSPS) is 10.8. The lowest BCUT2D eigenvalue weighted by molar-refractivity contribution is 0.855. The highest BCUT2D eigenvalue weighted by atomic mass is 16.1. The zero-order valence-corrected chi connectivity index (χ0v) is 12.1. The first kappa shape index (κ1) is 14.2. The number of hydrogen-bond acceptors (Lipinski definition) is 4. The summed E-state index contributed by atoms with van der Waals surface area (Å²) in [5.74, 6) is 0.919. The van der Waals surface area contributed by atoms with Crippen LogP contribution in [0.15, 0.2) is 29.1 Å². The molecule has 0 radical (unpaired) electrons. The van der Waals surface area contributed by atoms with E-state index in [-0.39, 0.29) is 5.56 Å². The Morgan fingerprint density at radius 1 is 1.20 bits per heavy atom. The van der Waals surface area contributed by atoms with Gasteiger partial charge >= 0.3 is 0 Å². The second-order valence-electron chi connectivity index (χ2n) is 5.05. The van der Waals surface area contributed by atoms with Crippen molar-refractivity contribution in [3.05, 3.63) is 51.4 Å². The molecule has 0 unspecified atom stereocenters. The Kier molecular flexibility index (Phi) is 4.50. The van der Waals surface area contributed by atoms with Gasteiger partial charge in [0.25, 0.3) is 5.56 Å². The number of aromatic amines is 1. The van der Waals surface area contributed by atoms with Crippen LogP contribution in [0.25, 0.3) is 0 Å². The molecular weight excluding hydrogens is 252 g/mol. The molecule has 20 heavy (non-hydrogen) atoms. The van der Waals surface area contributed by atoms with Crippen LogP contribution in [0.1, 0.15) is 43.5 Å². The van der Waals surface area contributed by atoms with Gasteiger partial charge in [0.05, 0.1) is 0 Å². The topological polar surface area (TPSA) is 70.7 Å². The van der Waals surface area contributed by atoms with Gasteiger partial charge in [0.15, 0.2) is 0 Å². The predicted octanol–water partition coefficient (Wildman–Crippen LogP) is 2.31. The minimum absolute atomic E-state index is 0.191.